The number of nitrogens with two attached hydrogens (primary N) is 1. The molecule has 8 nitrogen and oxygen atoms in total. The van der Waals surface area contributed by atoms with Gasteiger partial charge in [-0.3, -0.25) is 0 Å². The monoisotopic (exact) mass is 460 g/mol. The molecule has 1 fully saturated rings. The largest absolute Gasteiger partial charge is 0.493 e. The van der Waals surface area contributed by atoms with Gasteiger partial charge < -0.3 is 24.9 Å². The van der Waals surface area contributed by atoms with Crippen molar-refractivity contribution in [3.63, 3.8) is 0 Å². The van der Waals surface area contributed by atoms with Crippen LogP contribution in [0, 0.1) is 24.1 Å². The van der Waals surface area contributed by atoms with Crippen LogP contribution in [-0.4, -0.2) is 41.2 Å². The summed E-state index contributed by atoms with van der Waals surface area (Å²) in [6.45, 7) is 0.0177. The molecule has 0 saturated heterocycles. The van der Waals surface area contributed by atoms with Gasteiger partial charge in [-0.2, -0.15) is 0 Å². The minimum atomic E-state index is -2.58. The van der Waals surface area contributed by atoms with E-state index < -0.39 is 29.7 Å². The lowest BCUT2D eigenvalue weighted by atomic mass is 10.3. The van der Waals surface area contributed by atoms with E-state index >= 15 is 0 Å². The van der Waals surface area contributed by atoms with Crippen molar-refractivity contribution in [1.82, 2.24) is 15.3 Å². The van der Waals surface area contributed by atoms with Crippen LogP contribution in [0.4, 0.5) is 18.0 Å². The highest BCUT2D eigenvalue weighted by Crippen LogP contribution is 2.50. The van der Waals surface area contributed by atoms with Gasteiger partial charge in [0.1, 0.15) is 29.7 Å². The molecule has 0 radical (unpaired) electrons. The molecule has 0 bridgehead atoms. The minimum Gasteiger partial charge on any atom is -0.493 e. The Morgan fingerprint density at radius 1 is 1.36 bits per heavy atom. The van der Waals surface area contributed by atoms with E-state index in [-0.39, 0.29) is 43.4 Å². The summed E-state index contributed by atoms with van der Waals surface area (Å²) in [5.41, 5.74) is 5.65. The van der Waals surface area contributed by atoms with Gasteiger partial charge in [-0.15, -0.1) is 6.42 Å². The van der Waals surface area contributed by atoms with E-state index in [0.29, 0.717) is 16.8 Å². The number of carbonyl (C=O) groups is 1. The smallest absolute Gasteiger partial charge is 0.313 e. The lowest BCUT2D eigenvalue weighted by Gasteiger charge is -2.12. The number of primary amides is 1. The molecule has 4 rings (SSSR count). The number of fused-ring (bicyclic) bond motifs is 1. The number of amides is 2. The third-order valence-electron chi connectivity index (χ3n) is 5.00. The maximum absolute atomic E-state index is 14.6. The Labute approximate surface area is 186 Å². The quantitative estimate of drug-likeness (QED) is 0.473. The number of oxazole rings is 1. The molecule has 1 saturated carbocycles. The predicted molar refractivity (Wildman–Crippen MR) is 111 cm³/mol. The van der Waals surface area contributed by atoms with Crippen molar-refractivity contribution in [1.29, 1.82) is 0 Å². The zero-order valence-electron chi connectivity index (χ0n) is 17.2. The fraction of sp³-hybridized carbons (Fsp3) is 0.318. The average Bonchev–Trinajstić information content (AvgIpc) is 3.17. The fourth-order valence-corrected chi connectivity index (χ4v) is 3.14. The van der Waals surface area contributed by atoms with E-state index in [9.17, 15) is 18.0 Å². The molecular formula is C22H19F3N4O4. The lowest BCUT2D eigenvalue weighted by molar-refractivity contribution is 0.0930. The maximum atomic E-state index is 14.6. The van der Waals surface area contributed by atoms with E-state index in [4.69, 9.17) is 26.0 Å². The molecule has 1 aliphatic rings. The summed E-state index contributed by atoms with van der Waals surface area (Å²) >= 11 is 0. The molecule has 0 spiro atoms. The normalized spacial score (nSPS) is 17.2. The number of urea groups is 1. The van der Waals surface area contributed by atoms with Crippen molar-refractivity contribution in [2.24, 2.45) is 11.7 Å². The molecule has 1 unspecified atom stereocenters. The first-order valence-corrected chi connectivity index (χ1v) is 9.97. The molecule has 2 aromatic heterocycles. The second-order valence-corrected chi connectivity index (χ2v) is 7.49. The number of hydrogen-bond acceptors (Lipinski definition) is 6. The predicted octanol–water partition coefficient (Wildman–Crippen LogP) is 3.50. The molecule has 3 aromatic rings. The van der Waals surface area contributed by atoms with E-state index in [1.807, 2.05) is 0 Å². The van der Waals surface area contributed by atoms with Gasteiger partial charge in [0.15, 0.2) is 17.1 Å². The number of ether oxygens (including phenoxy) is 2. The maximum Gasteiger partial charge on any atom is 0.313 e. The second-order valence-electron chi connectivity index (χ2n) is 7.49. The highest BCUT2D eigenvalue weighted by molar-refractivity contribution is 5.77. The van der Waals surface area contributed by atoms with Crippen LogP contribution >= 0.6 is 0 Å². The number of aromatic nitrogens is 2. The van der Waals surface area contributed by atoms with E-state index in [1.165, 1.54) is 6.20 Å². The average molecular weight is 460 g/mol. The van der Waals surface area contributed by atoms with Crippen LogP contribution in [0.5, 0.6) is 11.5 Å². The highest BCUT2D eigenvalue weighted by atomic mass is 19.3. The third kappa shape index (κ3) is 5.28. The first-order chi connectivity index (χ1) is 15.7. The van der Waals surface area contributed by atoms with Crippen LogP contribution < -0.4 is 20.5 Å². The molecule has 2 atom stereocenters. The molecular weight excluding hydrogens is 441 g/mol. The van der Waals surface area contributed by atoms with Gasteiger partial charge in [-0.1, -0.05) is 5.92 Å². The summed E-state index contributed by atoms with van der Waals surface area (Å²) in [6.07, 6.45) is 6.69. The van der Waals surface area contributed by atoms with E-state index in [2.05, 4.69) is 21.2 Å². The van der Waals surface area contributed by atoms with Gasteiger partial charge in [0.2, 0.25) is 5.89 Å². The zero-order chi connectivity index (χ0) is 23.6. The summed E-state index contributed by atoms with van der Waals surface area (Å²) in [5, 5.41) is 2.29. The summed E-state index contributed by atoms with van der Waals surface area (Å²) in [7, 11) is 0. The van der Waals surface area contributed by atoms with Crippen molar-refractivity contribution in [2.45, 2.75) is 24.8 Å². The standard InChI is InChI=1S/C22H19F3N4O4/c1-2-13(28-21(26)30)11-32-15-7-16(23)19(27-10-15)20-29-17-4-3-14(8-18(17)33-20)31-6-5-12-9-22(12,24)25/h1,3-4,7-8,10,12-13H,5-6,9,11H2,(H3,26,28,30)/t12?,13-/m0/s1. The van der Waals surface area contributed by atoms with Crippen molar-refractivity contribution in [3.05, 3.63) is 36.3 Å². The second kappa shape index (κ2) is 8.90. The molecule has 1 aromatic carbocycles. The van der Waals surface area contributed by atoms with Crippen LogP contribution in [0.1, 0.15) is 12.8 Å². The van der Waals surface area contributed by atoms with Gasteiger partial charge in [0.25, 0.3) is 5.92 Å². The van der Waals surface area contributed by atoms with Crippen LogP contribution in [0.25, 0.3) is 22.7 Å². The van der Waals surface area contributed by atoms with Gasteiger partial charge in [-0.05, 0) is 18.6 Å². The lowest BCUT2D eigenvalue weighted by Crippen LogP contribution is -2.41. The van der Waals surface area contributed by atoms with Gasteiger partial charge in [-0.25, -0.2) is 27.9 Å². The number of benzene rings is 1. The molecule has 3 N–H and O–H groups in total. The van der Waals surface area contributed by atoms with Crippen molar-refractivity contribution >= 4 is 17.1 Å². The Hall–Kier alpha value is -3.94. The van der Waals surface area contributed by atoms with Gasteiger partial charge >= 0.3 is 6.03 Å². The number of nitrogens with zero attached hydrogens (tertiary/aromatic N) is 2. The molecule has 1 aliphatic carbocycles. The number of nitrogens with one attached hydrogen (secondary N) is 1. The number of pyridine rings is 1. The van der Waals surface area contributed by atoms with Gasteiger partial charge in [0.05, 0.1) is 12.8 Å². The summed E-state index contributed by atoms with van der Waals surface area (Å²) in [4.78, 5) is 19.1. The van der Waals surface area contributed by atoms with Crippen LogP contribution in [0.3, 0.4) is 0 Å². The molecule has 11 heteroatoms. The first-order valence-electron chi connectivity index (χ1n) is 9.97. The van der Waals surface area contributed by atoms with E-state index in [0.717, 1.165) is 6.07 Å². The Bertz CT molecular complexity index is 1220. The number of carbonyl (C=O) groups excluding carboxylic acids is 1. The number of hydrogen-bond donors (Lipinski definition) is 2. The molecule has 0 aliphatic heterocycles. The molecule has 33 heavy (non-hydrogen) atoms. The third-order valence-corrected chi connectivity index (χ3v) is 5.00. The van der Waals surface area contributed by atoms with Crippen LogP contribution in [-0.2, 0) is 0 Å². The van der Waals surface area contributed by atoms with Crippen molar-refractivity contribution in [2.75, 3.05) is 13.2 Å². The van der Waals surface area contributed by atoms with Crippen molar-refractivity contribution < 1.29 is 31.9 Å². The first kappa shape index (κ1) is 22.3. The summed E-state index contributed by atoms with van der Waals surface area (Å²) in [5.74, 6) is -1.22. The number of alkyl halides is 2. The van der Waals surface area contributed by atoms with Gasteiger partial charge in [0, 0.05) is 24.5 Å². The number of terminal acetylenes is 1. The Balaban J connectivity index is 1.41. The number of halogens is 3. The van der Waals surface area contributed by atoms with Crippen LogP contribution in [0.15, 0.2) is 34.9 Å². The Morgan fingerprint density at radius 3 is 2.82 bits per heavy atom. The minimum absolute atomic E-state index is 0.0549. The van der Waals surface area contributed by atoms with Crippen LogP contribution in [0.2, 0.25) is 0 Å². The SMILES string of the molecule is C#C[C@@H](COc1cnc(-c2nc3ccc(OCCC4CC4(F)F)cc3o2)c(F)c1)NC(N)=O. The molecule has 2 amide bonds. The number of rotatable bonds is 9. The molecule has 172 valence electrons. The summed E-state index contributed by atoms with van der Waals surface area (Å²) in [6, 6.07) is 4.27. The topological polar surface area (TPSA) is 112 Å². The van der Waals surface area contributed by atoms with Crippen molar-refractivity contribution in [3.8, 4) is 35.4 Å². The highest BCUT2D eigenvalue weighted by Gasteiger charge is 2.56. The zero-order valence-corrected chi connectivity index (χ0v) is 17.2. The molecule has 2 heterocycles. The Kier molecular flexibility index (Phi) is 6.00. The summed E-state index contributed by atoms with van der Waals surface area (Å²) < 4.78 is 57.0. The Morgan fingerprint density at radius 2 is 2.15 bits per heavy atom. The van der Waals surface area contributed by atoms with E-state index in [1.54, 1.807) is 18.2 Å². The fourth-order valence-electron chi connectivity index (χ4n) is 3.14.